The van der Waals surface area contributed by atoms with E-state index in [1.165, 1.54) is 25.0 Å². The Labute approximate surface area is 153 Å². The van der Waals surface area contributed by atoms with Crippen molar-refractivity contribution < 1.29 is 15.1 Å². The molecule has 1 aliphatic carbocycles. The maximum atomic E-state index is 11.1. The van der Waals surface area contributed by atoms with Crippen LogP contribution in [0.3, 0.4) is 0 Å². The molecule has 3 N–H and O–H groups in total. The van der Waals surface area contributed by atoms with Gasteiger partial charge in [-0.3, -0.25) is 15.0 Å². The Morgan fingerprint density at radius 2 is 1.88 bits per heavy atom. The van der Waals surface area contributed by atoms with Crippen molar-refractivity contribution in [2.45, 2.75) is 25.3 Å². The van der Waals surface area contributed by atoms with E-state index in [4.69, 9.17) is 0 Å². The van der Waals surface area contributed by atoms with Crippen molar-refractivity contribution in [3.05, 3.63) is 27.8 Å². The summed E-state index contributed by atoms with van der Waals surface area (Å²) in [6, 6.07) is 2.93. The summed E-state index contributed by atoms with van der Waals surface area (Å²) in [7, 11) is 0. The van der Waals surface area contributed by atoms with Gasteiger partial charge >= 0.3 is 5.69 Å². The third-order valence-corrected chi connectivity index (χ3v) is 4.52. The van der Waals surface area contributed by atoms with Gasteiger partial charge in [-0.05, 0) is 24.0 Å². The van der Waals surface area contributed by atoms with Crippen LogP contribution >= 0.6 is 24.8 Å². The van der Waals surface area contributed by atoms with Crippen molar-refractivity contribution in [2.24, 2.45) is 5.92 Å². The van der Waals surface area contributed by atoms with Crippen LogP contribution in [0.15, 0.2) is 12.1 Å². The van der Waals surface area contributed by atoms with E-state index in [9.17, 15) is 20.3 Å². The average molecular weight is 380 g/mol. The Hall–Kier alpha value is -1.28. The number of aromatic hydroxyl groups is 2. The monoisotopic (exact) mass is 379 g/mol. The molecular weight excluding hydrogens is 357 g/mol. The lowest BCUT2D eigenvalue weighted by molar-refractivity contribution is -0.386. The van der Waals surface area contributed by atoms with Gasteiger partial charge in [0.2, 0.25) is 5.75 Å². The maximum absolute atomic E-state index is 11.1. The minimum Gasteiger partial charge on any atom is -0.504 e. The summed E-state index contributed by atoms with van der Waals surface area (Å²) in [5, 5.41) is 33.9. The van der Waals surface area contributed by atoms with Crippen LogP contribution < -0.4 is 5.32 Å². The van der Waals surface area contributed by atoms with Gasteiger partial charge in [0.25, 0.3) is 0 Å². The van der Waals surface area contributed by atoms with E-state index in [1.54, 1.807) is 0 Å². The zero-order valence-electron chi connectivity index (χ0n) is 13.2. The van der Waals surface area contributed by atoms with Crippen molar-refractivity contribution in [1.82, 2.24) is 10.2 Å². The molecule has 0 unspecified atom stereocenters. The van der Waals surface area contributed by atoms with E-state index in [1.807, 2.05) is 0 Å². The zero-order valence-corrected chi connectivity index (χ0v) is 14.8. The van der Waals surface area contributed by atoms with Crippen LogP contribution in [0.1, 0.15) is 30.9 Å². The minimum atomic E-state index is -0.653. The lowest BCUT2D eigenvalue weighted by Crippen LogP contribution is -2.45. The van der Waals surface area contributed by atoms with Gasteiger partial charge in [-0.1, -0.05) is 12.8 Å². The molecular formula is C15H23Cl2N3O4. The Kier molecular flexibility index (Phi) is 7.54. The molecule has 0 amide bonds. The van der Waals surface area contributed by atoms with Crippen LogP contribution in [0, 0.1) is 16.0 Å². The zero-order chi connectivity index (χ0) is 15.7. The third-order valence-electron chi connectivity index (χ3n) is 4.52. The number of nitro benzene ring substituents is 1. The highest BCUT2D eigenvalue weighted by Gasteiger charge is 2.32. The lowest BCUT2D eigenvalue weighted by atomic mass is 9.97. The maximum Gasteiger partial charge on any atom is 0.314 e. The topological polar surface area (TPSA) is 98.9 Å². The summed E-state index contributed by atoms with van der Waals surface area (Å²) < 4.78 is 0. The first kappa shape index (κ1) is 20.8. The molecule has 0 spiro atoms. The molecule has 0 aromatic heterocycles. The number of benzene rings is 1. The summed E-state index contributed by atoms with van der Waals surface area (Å²) >= 11 is 0. The molecule has 9 heteroatoms. The fourth-order valence-corrected chi connectivity index (χ4v) is 3.12. The van der Waals surface area contributed by atoms with Crippen molar-refractivity contribution in [1.29, 1.82) is 0 Å². The summed E-state index contributed by atoms with van der Waals surface area (Å²) in [6.07, 6.45) is 3.35. The van der Waals surface area contributed by atoms with Gasteiger partial charge in [0.05, 0.1) is 4.92 Å². The Morgan fingerprint density at radius 3 is 2.42 bits per heavy atom. The van der Waals surface area contributed by atoms with E-state index < -0.39 is 22.1 Å². The molecule has 1 atom stereocenters. The fourth-order valence-electron chi connectivity index (χ4n) is 3.12. The van der Waals surface area contributed by atoms with Crippen molar-refractivity contribution in [3.63, 3.8) is 0 Å². The number of halogens is 2. The molecule has 7 nitrogen and oxygen atoms in total. The Balaban J connectivity index is 0.00000144. The normalized spacial score (nSPS) is 19.0. The van der Waals surface area contributed by atoms with Gasteiger partial charge in [-0.15, -0.1) is 24.8 Å². The quantitative estimate of drug-likeness (QED) is 0.413. The molecule has 3 rings (SSSR count). The predicted octanol–water partition coefficient (Wildman–Crippen LogP) is 2.60. The van der Waals surface area contributed by atoms with Crippen molar-refractivity contribution >= 4 is 30.5 Å². The number of hydrogen-bond acceptors (Lipinski definition) is 6. The van der Waals surface area contributed by atoms with Crippen LogP contribution in [-0.4, -0.2) is 46.2 Å². The number of nitro groups is 1. The van der Waals surface area contributed by atoms with Crippen LogP contribution in [0.2, 0.25) is 0 Å². The average Bonchev–Trinajstić information content (AvgIpc) is 3.32. The number of rotatable bonds is 5. The number of nitrogens with one attached hydrogen (secondary N) is 1. The van der Waals surface area contributed by atoms with Crippen LogP contribution in [0.25, 0.3) is 0 Å². The van der Waals surface area contributed by atoms with E-state index >= 15 is 0 Å². The van der Waals surface area contributed by atoms with Crippen LogP contribution in [0.5, 0.6) is 11.5 Å². The molecule has 1 saturated carbocycles. The van der Waals surface area contributed by atoms with Crippen molar-refractivity contribution in [3.8, 4) is 11.5 Å². The summed E-state index contributed by atoms with van der Waals surface area (Å²) in [5.74, 6) is -0.408. The first-order valence-electron chi connectivity index (χ1n) is 7.71. The molecule has 0 bridgehead atoms. The predicted molar refractivity (Wildman–Crippen MR) is 95.4 cm³/mol. The largest absolute Gasteiger partial charge is 0.504 e. The number of hydrogen-bond donors (Lipinski definition) is 3. The smallest absolute Gasteiger partial charge is 0.314 e. The van der Waals surface area contributed by atoms with Crippen LogP contribution in [0.4, 0.5) is 5.69 Å². The summed E-state index contributed by atoms with van der Waals surface area (Å²) in [4.78, 5) is 12.7. The van der Waals surface area contributed by atoms with Gasteiger partial charge < -0.3 is 15.5 Å². The Bertz CT molecular complexity index is 578. The molecule has 2 fully saturated rings. The molecule has 1 aliphatic heterocycles. The minimum absolute atomic E-state index is 0. The van der Waals surface area contributed by atoms with Gasteiger partial charge in [0.1, 0.15) is 0 Å². The van der Waals surface area contributed by atoms with Crippen LogP contribution in [-0.2, 0) is 0 Å². The SMILES string of the molecule is Cl.Cl.O=[N+]([O-])c1cc([C@@H](CC2CC2)N2CCNCC2)cc(O)c1O. The Morgan fingerprint density at radius 1 is 1.25 bits per heavy atom. The third kappa shape index (κ3) is 4.63. The van der Waals surface area contributed by atoms with Gasteiger partial charge in [-0.25, -0.2) is 0 Å². The second kappa shape index (κ2) is 8.71. The summed E-state index contributed by atoms with van der Waals surface area (Å²) in [5.41, 5.74) is 0.293. The number of nitrogens with zero attached hydrogens (tertiary/aromatic N) is 2. The second-order valence-electron chi connectivity index (χ2n) is 6.15. The molecule has 1 aromatic carbocycles. The number of phenolic OH excluding ortho intramolecular Hbond substituents is 2. The lowest BCUT2D eigenvalue weighted by Gasteiger charge is -2.35. The number of phenols is 2. The van der Waals surface area contributed by atoms with Gasteiger partial charge in [-0.2, -0.15) is 0 Å². The fraction of sp³-hybridized carbons (Fsp3) is 0.600. The molecule has 1 aromatic rings. The van der Waals surface area contributed by atoms with E-state index in [0.717, 1.165) is 38.2 Å². The number of piperazine rings is 1. The van der Waals surface area contributed by atoms with Gasteiger partial charge in [0.15, 0.2) is 5.75 Å². The highest BCUT2D eigenvalue weighted by molar-refractivity contribution is 5.85. The van der Waals surface area contributed by atoms with E-state index in [0.29, 0.717) is 5.92 Å². The molecule has 2 aliphatic rings. The summed E-state index contributed by atoms with van der Waals surface area (Å²) in [6.45, 7) is 3.56. The first-order chi connectivity index (χ1) is 10.6. The van der Waals surface area contributed by atoms with Crippen molar-refractivity contribution in [2.75, 3.05) is 26.2 Å². The molecule has 24 heavy (non-hydrogen) atoms. The van der Waals surface area contributed by atoms with Gasteiger partial charge in [0, 0.05) is 38.3 Å². The molecule has 0 radical (unpaired) electrons. The second-order valence-corrected chi connectivity index (χ2v) is 6.15. The van der Waals surface area contributed by atoms with E-state index in [2.05, 4.69) is 10.2 Å². The standard InChI is InChI=1S/C15H21N3O4.2ClH/c19-14-9-11(8-13(15(14)20)18(21)22)12(7-10-1-2-10)17-5-3-16-4-6-17;;/h8-10,12,16,19-20H,1-7H2;2*1H/t12-;;/m1../s1. The molecule has 136 valence electrons. The first-order valence-corrected chi connectivity index (χ1v) is 7.71. The molecule has 1 saturated heterocycles. The highest BCUT2D eigenvalue weighted by atomic mass is 35.5. The van der Waals surface area contributed by atoms with E-state index in [-0.39, 0.29) is 30.9 Å². The highest BCUT2D eigenvalue weighted by Crippen LogP contribution is 2.44. The molecule has 1 heterocycles.